The third kappa shape index (κ3) is 2.16. The van der Waals surface area contributed by atoms with Crippen molar-refractivity contribution in [1.82, 2.24) is 14.3 Å². The van der Waals surface area contributed by atoms with Gasteiger partial charge in [-0.3, -0.25) is 0 Å². The molecular weight excluding hydrogens is 294 g/mol. The topological polar surface area (TPSA) is 66.1 Å². The lowest BCUT2D eigenvalue weighted by atomic mass is 10.2. The van der Waals surface area contributed by atoms with Crippen molar-refractivity contribution in [2.24, 2.45) is 5.92 Å². The fraction of sp³-hybridized carbons (Fsp3) is 0.667. The molecule has 90 valence electrons. The van der Waals surface area contributed by atoms with Gasteiger partial charge in [0.2, 0.25) is 0 Å². The van der Waals surface area contributed by atoms with Crippen molar-refractivity contribution < 1.29 is 8.42 Å². The maximum absolute atomic E-state index is 12.1. The highest BCUT2D eigenvalue weighted by Crippen LogP contribution is 2.24. The number of H-pyrrole nitrogens is 1. The highest BCUT2D eigenvalue weighted by molar-refractivity contribution is 9.09. The van der Waals surface area contributed by atoms with Crippen molar-refractivity contribution in [3.05, 3.63) is 12.0 Å². The van der Waals surface area contributed by atoms with Crippen molar-refractivity contribution in [2.75, 3.05) is 18.4 Å². The van der Waals surface area contributed by atoms with Gasteiger partial charge in [0.05, 0.1) is 6.20 Å². The first kappa shape index (κ1) is 12.1. The quantitative estimate of drug-likeness (QED) is 0.851. The van der Waals surface area contributed by atoms with Crippen molar-refractivity contribution in [3.63, 3.8) is 0 Å². The van der Waals surface area contributed by atoms with Gasteiger partial charge in [0.1, 0.15) is 5.82 Å². The van der Waals surface area contributed by atoms with E-state index in [0.29, 0.717) is 24.8 Å². The molecule has 1 aromatic rings. The number of aromatic nitrogens is 2. The second kappa shape index (κ2) is 4.46. The number of imidazole rings is 1. The fourth-order valence-corrected chi connectivity index (χ4v) is 3.83. The van der Waals surface area contributed by atoms with E-state index in [9.17, 15) is 8.42 Å². The van der Waals surface area contributed by atoms with Gasteiger partial charge in [-0.2, -0.15) is 4.31 Å². The largest absolute Gasteiger partial charge is 0.332 e. The zero-order valence-electron chi connectivity index (χ0n) is 8.98. The van der Waals surface area contributed by atoms with Gasteiger partial charge in [-0.1, -0.05) is 15.9 Å². The molecule has 1 unspecified atom stereocenters. The highest BCUT2D eigenvalue weighted by atomic mass is 79.9. The van der Waals surface area contributed by atoms with Crippen molar-refractivity contribution in [3.8, 4) is 0 Å². The van der Waals surface area contributed by atoms with E-state index >= 15 is 0 Å². The van der Waals surface area contributed by atoms with Gasteiger partial charge < -0.3 is 4.98 Å². The molecule has 7 heteroatoms. The fourth-order valence-electron chi connectivity index (χ4n) is 1.81. The molecule has 1 aromatic heterocycles. The lowest BCUT2D eigenvalue weighted by Gasteiger charge is -2.14. The number of sulfonamides is 1. The molecule has 1 saturated heterocycles. The SMILES string of the molecule is Cc1ncc(S(=O)(=O)N2CCC(CBr)C2)[nH]1. The van der Waals surface area contributed by atoms with Crippen LogP contribution >= 0.6 is 15.9 Å². The predicted octanol–water partition coefficient (Wildman–Crippen LogP) is 1.12. The molecule has 0 spiro atoms. The number of alkyl halides is 1. The minimum atomic E-state index is -3.37. The second-order valence-corrected chi connectivity index (χ2v) is 6.56. The summed E-state index contributed by atoms with van der Waals surface area (Å²) in [5.74, 6) is 1.04. The molecule has 1 aliphatic rings. The van der Waals surface area contributed by atoms with Gasteiger partial charge in [0.15, 0.2) is 5.03 Å². The maximum Gasteiger partial charge on any atom is 0.260 e. The van der Waals surface area contributed by atoms with E-state index in [0.717, 1.165) is 11.8 Å². The number of hydrogen-bond donors (Lipinski definition) is 1. The van der Waals surface area contributed by atoms with E-state index < -0.39 is 10.0 Å². The summed E-state index contributed by atoms with van der Waals surface area (Å²) < 4.78 is 25.8. The minimum absolute atomic E-state index is 0.195. The number of rotatable bonds is 3. The molecular formula is C9H14BrN3O2S. The molecule has 2 heterocycles. The van der Waals surface area contributed by atoms with Gasteiger partial charge in [0, 0.05) is 18.4 Å². The summed E-state index contributed by atoms with van der Waals surface area (Å²) in [7, 11) is -3.37. The zero-order valence-corrected chi connectivity index (χ0v) is 11.4. The molecule has 2 rings (SSSR count). The Morgan fingerprint density at radius 3 is 2.94 bits per heavy atom. The number of halogens is 1. The highest BCUT2D eigenvalue weighted by Gasteiger charge is 2.32. The van der Waals surface area contributed by atoms with Crippen LogP contribution in [-0.2, 0) is 10.0 Å². The maximum atomic E-state index is 12.1. The summed E-state index contributed by atoms with van der Waals surface area (Å²) >= 11 is 3.39. The molecule has 1 aliphatic heterocycles. The van der Waals surface area contributed by atoms with Crippen LogP contribution in [0, 0.1) is 12.8 Å². The number of hydrogen-bond acceptors (Lipinski definition) is 3. The lowest BCUT2D eigenvalue weighted by Crippen LogP contribution is -2.29. The van der Waals surface area contributed by atoms with Crippen LogP contribution in [-0.4, -0.2) is 41.1 Å². The second-order valence-electron chi connectivity index (χ2n) is 4.00. The summed E-state index contributed by atoms with van der Waals surface area (Å²) in [5.41, 5.74) is 0. The van der Waals surface area contributed by atoms with Crippen LogP contribution in [0.3, 0.4) is 0 Å². The van der Waals surface area contributed by atoms with Gasteiger partial charge in [-0.05, 0) is 19.3 Å². The molecule has 5 nitrogen and oxygen atoms in total. The first-order valence-corrected chi connectivity index (χ1v) is 7.68. The molecule has 1 atom stereocenters. The first-order valence-electron chi connectivity index (χ1n) is 5.11. The Balaban J connectivity index is 2.21. The van der Waals surface area contributed by atoms with Gasteiger partial charge in [-0.25, -0.2) is 13.4 Å². The van der Waals surface area contributed by atoms with Crippen LogP contribution in [0.15, 0.2) is 11.2 Å². The summed E-state index contributed by atoms with van der Waals surface area (Å²) in [6.45, 7) is 2.92. The third-order valence-electron chi connectivity index (χ3n) is 2.76. The monoisotopic (exact) mass is 307 g/mol. The van der Waals surface area contributed by atoms with Crippen molar-refractivity contribution in [1.29, 1.82) is 0 Å². The molecule has 1 fully saturated rings. The van der Waals surface area contributed by atoms with Crippen LogP contribution in [0.25, 0.3) is 0 Å². The average molecular weight is 308 g/mol. The van der Waals surface area contributed by atoms with Crippen LogP contribution in [0.5, 0.6) is 0 Å². The zero-order chi connectivity index (χ0) is 11.8. The molecule has 0 aromatic carbocycles. The molecule has 0 saturated carbocycles. The Hall–Kier alpha value is -0.400. The summed E-state index contributed by atoms with van der Waals surface area (Å²) in [4.78, 5) is 6.70. The van der Waals surface area contributed by atoms with E-state index in [2.05, 4.69) is 25.9 Å². The van der Waals surface area contributed by atoms with Gasteiger partial charge >= 0.3 is 0 Å². The molecule has 0 bridgehead atoms. The smallest absolute Gasteiger partial charge is 0.260 e. The van der Waals surface area contributed by atoms with E-state index in [1.54, 1.807) is 6.92 Å². The summed E-state index contributed by atoms with van der Waals surface area (Å²) in [6.07, 6.45) is 2.30. The predicted molar refractivity (Wildman–Crippen MR) is 64.0 cm³/mol. The van der Waals surface area contributed by atoms with Crippen LogP contribution in [0.2, 0.25) is 0 Å². The molecule has 0 radical (unpaired) electrons. The molecule has 0 aliphatic carbocycles. The van der Waals surface area contributed by atoms with Gasteiger partial charge in [0.25, 0.3) is 10.0 Å². The van der Waals surface area contributed by atoms with Crippen LogP contribution in [0.4, 0.5) is 0 Å². The number of aromatic amines is 1. The van der Waals surface area contributed by atoms with E-state index in [4.69, 9.17) is 0 Å². The Bertz CT molecular complexity index is 471. The van der Waals surface area contributed by atoms with Crippen LogP contribution < -0.4 is 0 Å². The average Bonchev–Trinajstić information content (AvgIpc) is 2.85. The molecule has 0 amide bonds. The van der Waals surface area contributed by atoms with Crippen molar-refractivity contribution >= 4 is 26.0 Å². The Morgan fingerprint density at radius 1 is 1.69 bits per heavy atom. The standard InChI is InChI=1S/C9H14BrN3O2S/c1-7-11-5-9(12-7)16(14,15)13-3-2-8(4-10)6-13/h5,8H,2-4,6H2,1H3,(H,11,12). The van der Waals surface area contributed by atoms with E-state index in [-0.39, 0.29) is 5.03 Å². The normalized spacial score (nSPS) is 22.8. The molecule has 16 heavy (non-hydrogen) atoms. The number of nitrogens with zero attached hydrogens (tertiary/aromatic N) is 2. The Labute approximate surface area is 103 Å². The van der Waals surface area contributed by atoms with E-state index in [1.165, 1.54) is 10.5 Å². The summed E-state index contributed by atoms with van der Waals surface area (Å²) in [5, 5.41) is 1.04. The van der Waals surface area contributed by atoms with Crippen molar-refractivity contribution in [2.45, 2.75) is 18.4 Å². The van der Waals surface area contributed by atoms with Crippen LogP contribution in [0.1, 0.15) is 12.2 Å². The number of aryl methyl sites for hydroxylation is 1. The molecule has 1 N–H and O–H groups in total. The summed E-state index contributed by atoms with van der Waals surface area (Å²) in [6, 6.07) is 0. The third-order valence-corrected chi connectivity index (χ3v) is 5.45. The Morgan fingerprint density at radius 2 is 2.44 bits per heavy atom. The first-order chi connectivity index (χ1) is 7.54. The Kier molecular flexibility index (Phi) is 3.37. The van der Waals surface area contributed by atoms with E-state index in [1.807, 2.05) is 0 Å². The van der Waals surface area contributed by atoms with Gasteiger partial charge in [-0.15, -0.1) is 0 Å². The number of nitrogens with one attached hydrogen (secondary N) is 1. The lowest BCUT2D eigenvalue weighted by molar-refractivity contribution is 0.463. The minimum Gasteiger partial charge on any atom is -0.332 e.